The van der Waals surface area contributed by atoms with Crippen LogP contribution in [-0.2, 0) is 11.3 Å². The Morgan fingerprint density at radius 1 is 1.33 bits per heavy atom. The molecular formula is C17H14ClFN2OS2. The first-order valence-electron chi connectivity index (χ1n) is 7.26. The summed E-state index contributed by atoms with van der Waals surface area (Å²) in [5.74, 6) is -0.369. The van der Waals surface area contributed by atoms with Gasteiger partial charge in [-0.25, -0.2) is 9.37 Å². The normalized spacial score (nSPS) is 12.3. The van der Waals surface area contributed by atoms with Crippen molar-refractivity contribution >= 4 is 50.8 Å². The Kier molecular flexibility index (Phi) is 5.38. The number of thiazole rings is 1. The average Bonchev–Trinajstić information content (AvgIpc) is 2.95. The van der Waals surface area contributed by atoms with Gasteiger partial charge in [-0.2, -0.15) is 0 Å². The number of amides is 1. The topological polar surface area (TPSA) is 42.0 Å². The number of hydrogen-bond donors (Lipinski definition) is 1. The third-order valence-electron chi connectivity index (χ3n) is 3.36. The molecule has 1 atom stereocenters. The summed E-state index contributed by atoms with van der Waals surface area (Å²) in [6.45, 7) is 2.21. The fraction of sp³-hybridized carbons (Fsp3) is 0.176. The summed E-state index contributed by atoms with van der Waals surface area (Å²) in [5.41, 5.74) is 1.70. The molecule has 3 aromatic rings. The van der Waals surface area contributed by atoms with Crippen molar-refractivity contribution in [2.24, 2.45) is 0 Å². The van der Waals surface area contributed by atoms with Crippen LogP contribution in [0.5, 0.6) is 0 Å². The van der Waals surface area contributed by atoms with Gasteiger partial charge in [-0.15, -0.1) is 11.3 Å². The lowest BCUT2D eigenvalue weighted by Crippen LogP contribution is -2.30. The molecular weight excluding hydrogens is 367 g/mol. The van der Waals surface area contributed by atoms with Crippen LogP contribution in [0.15, 0.2) is 46.8 Å². The molecule has 0 saturated carbocycles. The van der Waals surface area contributed by atoms with E-state index in [1.54, 1.807) is 12.1 Å². The first-order chi connectivity index (χ1) is 11.5. The Balaban J connectivity index is 1.59. The van der Waals surface area contributed by atoms with Crippen molar-refractivity contribution in [2.75, 3.05) is 0 Å². The minimum atomic E-state index is -0.287. The maximum absolute atomic E-state index is 12.9. The zero-order valence-corrected chi connectivity index (χ0v) is 15.1. The van der Waals surface area contributed by atoms with Gasteiger partial charge in [0.2, 0.25) is 5.91 Å². The number of aromatic nitrogens is 1. The highest BCUT2D eigenvalue weighted by molar-refractivity contribution is 8.02. The minimum Gasteiger partial charge on any atom is -0.351 e. The Morgan fingerprint density at radius 3 is 2.83 bits per heavy atom. The molecule has 0 radical (unpaired) electrons. The summed E-state index contributed by atoms with van der Waals surface area (Å²) in [7, 11) is 0. The third kappa shape index (κ3) is 4.26. The van der Waals surface area contributed by atoms with Gasteiger partial charge in [0.05, 0.1) is 15.5 Å². The predicted molar refractivity (Wildman–Crippen MR) is 98.2 cm³/mol. The van der Waals surface area contributed by atoms with Gasteiger partial charge in [0.15, 0.2) is 4.34 Å². The molecule has 1 aromatic heterocycles. The highest BCUT2D eigenvalue weighted by Gasteiger charge is 2.16. The molecule has 1 amide bonds. The van der Waals surface area contributed by atoms with Crippen molar-refractivity contribution in [3.63, 3.8) is 0 Å². The smallest absolute Gasteiger partial charge is 0.233 e. The number of benzene rings is 2. The van der Waals surface area contributed by atoms with Gasteiger partial charge in [-0.1, -0.05) is 35.5 Å². The van der Waals surface area contributed by atoms with Crippen LogP contribution in [0.1, 0.15) is 12.5 Å². The van der Waals surface area contributed by atoms with E-state index in [9.17, 15) is 9.18 Å². The third-order valence-corrected chi connectivity index (χ3v) is 5.82. The molecule has 0 aliphatic carbocycles. The van der Waals surface area contributed by atoms with Gasteiger partial charge in [0, 0.05) is 11.6 Å². The Bertz CT molecular complexity index is 867. The second-order valence-electron chi connectivity index (χ2n) is 5.20. The van der Waals surface area contributed by atoms with E-state index in [4.69, 9.17) is 11.6 Å². The monoisotopic (exact) mass is 380 g/mol. The summed E-state index contributed by atoms with van der Waals surface area (Å²) < 4.78 is 14.7. The number of nitrogens with one attached hydrogen (secondary N) is 1. The molecule has 3 rings (SSSR count). The highest BCUT2D eigenvalue weighted by atomic mass is 35.5. The largest absolute Gasteiger partial charge is 0.351 e. The molecule has 124 valence electrons. The van der Waals surface area contributed by atoms with Crippen molar-refractivity contribution in [2.45, 2.75) is 23.1 Å². The van der Waals surface area contributed by atoms with E-state index >= 15 is 0 Å². The maximum Gasteiger partial charge on any atom is 0.233 e. The van der Waals surface area contributed by atoms with E-state index < -0.39 is 0 Å². The molecule has 0 saturated heterocycles. The number of rotatable bonds is 5. The summed E-state index contributed by atoms with van der Waals surface area (Å²) in [5, 5.41) is 3.23. The lowest BCUT2D eigenvalue weighted by atomic mass is 10.2. The van der Waals surface area contributed by atoms with Crippen molar-refractivity contribution in [3.05, 3.63) is 58.9 Å². The van der Waals surface area contributed by atoms with Crippen LogP contribution >= 0.6 is 34.7 Å². The lowest BCUT2D eigenvalue weighted by Gasteiger charge is -2.10. The van der Waals surface area contributed by atoms with E-state index in [1.165, 1.54) is 35.2 Å². The van der Waals surface area contributed by atoms with Crippen molar-refractivity contribution in [3.8, 4) is 0 Å². The van der Waals surface area contributed by atoms with Crippen LogP contribution < -0.4 is 5.32 Å². The van der Waals surface area contributed by atoms with E-state index in [-0.39, 0.29) is 17.0 Å². The van der Waals surface area contributed by atoms with Crippen LogP contribution in [0.2, 0.25) is 5.02 Å². The summed E-state index contributed by atoms with van der Waals surface area (Å²) >= 11 is 8.92. The van der Waals surface area contributed by atoms with Gasteiger partial charge in [-0.3, -0.25) is 4.79 Å². The summed E-state index contributed by atoms with van der Waals surface area (Å²) in [6, 6.07) is 11.7. The number of carbonyl (C=O) groups is 1. The zero-order valence-electron chi connectivity index (χ0n) is 12.8. The number of hydrogen-bond acceptors (Lipinski definition) is 4. The van der Waals surface area contributed by atoms with Crippen molar-refractivity contribution in [1.29, 1.82) is 0 Å². The molecule has 1 heterocycles. The molecule has 1 unspecified atom stereocenters. The SMILES string of the molecule is CC(Sc1nc2cc(Cl)ccc2s1)C(=O)NCc1ccc(F)cc1. The fourth-order valence-corrected chi connectivity index (χ4v) is 4.45. The standard InChI is InChI=1S/C17H14ClFN2OS2/c1-10(16(22)20-9-11-2-5-13(19)6-3-11)23-17-21-14-8-12(18)4-7-15(14)24-17/h2-8,10H,9H2,1H3,(H,20,22). The quantitative estimate of drug-likeness (QED) is 0.641. The average molecular weight is 381 g/mol. The number of carbonyl (C=O) groups excluding carboxylic acids is 1. The molecule has 1 N–H and O–H groups in total. The number of thioether (sulfide) groups is 1. The van der Waals surface area contributed by atoms with Gasteiger partial charge in [0.25, 0.3) is 0 Å². The fourth-order valence-electron chi connectivity index (χ4n) is 2.07. The Hall–Kier alpha value is -1.63. The molecule has 0 bridgehead atoms. The number of halogens is 2. The number of fused-ring (bicyclic) bond motifs is 1. The number of nitrogens with zero attached hydrogens (tertiary/aromatic N) is 1. The van der Waals surface area contributed by atoms with Crippen molar-refractivity contribution in [1.82, 2.24) is 10.3 Å². The zero-order chi connectivity index (χ0) is 17.1. The Labute approximate surface area is 152 Å². The molecule has 24 heavy (non-hydrogen) atoms. The van der Waals surface area contributed by atoms with Gasteiger partial charge in [-0.05, 0) is 42.8 Å². The van der Waals surface area contributed by atoms with E-state index in [0.717, 1.165) is 20.1 Å². The first-order valence-corrected chi connectivity index (χ1v) is 9.33. The molecule has 0 fully saturated rings. The van der Waals surface area contributed by atoms with Crippen LogP contribution in [0, 0.1) is 5.82 Å². The highest BCUT2D eigenvalue weighted by Crippen LogP contribution is 2.33. The second kappa shape index (κ2) is 7.51. The molecule has 0 spiro atoms. The van der Waals surface area contributed by atoms with Gasteiger partial charge < -0.3 is 5.32 Å². The Morgan fingerprint density at radius 2 is 2.08 bits per heavy atom. The van der Waals surface area contributed by atoms with E-state index in [2.05, 4.69) is 10.3 Å². The van der Waals surface area contributed by atoms with Gasteiger partial charge >= 0.3 is 0 Å². The van der Waals surface area contributed by atoms with Gasteiger partial charge in [0.1, 0.15) is 5.82 Å². The van der Waals surface area contributed by atoms with Crippen LogP contribution in [0.4, 0.5) is 4.39 Å². The summed E-state index contributed by atoms with van der Waals surface area (Å²) in [6.07, 6.45) is 0. The predicted octanol–water partition coefficient (Wildman–Crippen LogP) is 4.89. The minimum absolute atomic E-state index is 0.0818. The van der Waals surface area contributed by atoms with Crippen LogP contribution in [-0.4, -0.2) is 16.1 Å². The van der Waals surface area contributed by atoms with Crippen LogP contribution in [0.25, 0.3) is 10.2 Å². The van der Waals surface area contributed by atoms with E-state index in [0.29, 0.717) is 11.6 Å². The molecule has 7 heteroatoms. The maximum atomic E-state index is 12.9. The molecule has 0 aliphatic heterocycles. The van der Waals surface area contributed by atoms with Crippen molar-refractivity contribution < 1.29 is 9.18 Å². The van der Waals surface area contributed by atoms with E-state index in [1.807, 2.05) is 25.1 Å². The first kappa shape index (κ1) is 17.2. The molecule has 3 nitrogen and oxygen atoms in total. The summed E-state index contributed by atoms with van der Waals surface area (Å²) in [4.78, 5) is 16.7. The molecule has 0 aliphatic rings. The second-order valence-corrected chi connectivity index (χ2v) is 8.25. The molecule has 2 aromatic carbocycles. The van der Waals surface area contributed by atoms with Crippen LogP contribution in [0.3, 0.4) is 0 Å². The lowest BCUT2D eigenvalue weighted by molar-refractivity contribution is -0.120.